The Morgan fingerprint density at radius 3 is 2.80 bits per heavy atom. The molecule has 1 unspecified atom stereocenters. The van der Waals surface area contributed by atoms with E-state index >= 15 is 0 Å². The van der Waals surface area contributed by atoms with Crippen molar-refractivity contribution >= 4 is 15.9 Å². The van der Waals surface area contributed by atoms with Crippen molar-refractivity contribution in [3.8, 4) is 5.75 Å². The molecule has 2 nitrogen and oxygen atoms in total. The summed E-state index contributed by atoms with van der Waals surface area (Å²) in [6, 6.07) is 12.2. The highest BCUT2D eigenvalue weighted by Gasteiger charge is 2.13. The molecule has 0 aliphatic carbocycles. The molecule has 2 aromatic carbocycles. The number of aryl methyl sites for hydroxylation is 1. The molecule has 20 heavy (non-hydrogen) atoms. The lowest BCUT2D eigenvalue weighted by molar-refractivity contribution is 0.137. The Kier molecular flexibility index (Phi) is 5.15. The van der Waals surface area contributed by atoms with Gasteiger partial charge in [0, 0.05) is 16.5 Å². The van der Waals surface area contributed by atoms with Gasteiger partial charge in [0.15, 0.2) is 0 Å². The quantitative estimate of drug-likeness (QED) is 0.875. The van der Waals surface area contributed by atoms with Gasteiger partial charge in [-0.25, -0.2) is 4.39 Å². The molecule has 0 bridgehead atoms. The van der Waals surface area contributed by atoms with E-state index in [9.17, 15) is 9.50 Å². The average molecular weight is 339 g/mol. The highest BCUT2D eigenvalue weighted by molar-refractivity contribution is 9.10. The first-order chi connectivity index (χ1) is 9.56. The molecule has 0 saturated heterocycles. The summed E-state index contributed by atoms with van der Waals surface area (Å²) in [4.78, 5) is 0. The van der Waals surface area contributed by atoms with Crippen LogP contribution in [0.25, 0.3) is 0 Å². The monoisotopic (exact) mass is 338 g/mol. The molecule has 1 N–H and O–H groups in total. The summed E-state index contributed by atoms with van der Waals surface area (Å²) < 4.78 is 19.9. The minimum absolute atomic E-state index is 0.284. The summed E-state index contributed by atoms with van der Waals surface area (Å²) >= 11 is 3.27. The van der Waals surface area contributed by atoms with Crippen molar-refractivity contribution in [3.05, 3.63) is 63.9 Å². The number of aliphatic hydroxyl groups excluding tert-OH is 1. The van der Waals surface area contributed by atoms with Crippen LogP contribution in [0.4, 0.5) is 4.39 Å². The van der Waals surface area contributed by atoms with Crippen LogP contribution in [-0.2, 0) is 0 Å². The van der Waals surface area contributed by atoms with Crippen molar-refractivity contribution in [3.63, 3.8) is 0 Å². The van der Waals surface area contributed by atoms with Crippen molar-refractivity contribution in [1.82, 2.24) is 0 Å². The summed E-state index contributed by atoms with van der Waals surface area (Å²) in [6.07, 6.45) is -0.543. The third-order valence-electron chi connectivity index (χ3n) is 2.97. The van der Waals surface area contributed by atoms with Crippen molar-refractivity contribution in [2.75, 3.05) is 6.61 Å². The fourth-order valence-electron chi connectivity index (χ4n) is 1.92. The van der Waals surface area contributed by atoms with E-state index in [1.54, 1.807) is 12.1 Å². The predicted octanol–water partition coefficient (Wildman–Crippen LogP) is 4.40. The molecule has 0 fully saturated rings. The largest absolute Gasteiger partial charge is 0.493 e. The summed E-state index contributed by atoms with van der Waals surface area (Å²) in [6.45, 7) is 2.31. The van der Waals surface area contributed by atoms with Gasteiger partial charge in [0.05, 0.1) is 12.7 Å². The summed E-state index contributed by atoms with van der Waals surface area (Å²) in [5.74, 6) is 0.350. The van der Waals surface area contributed by atoms with E-state index in [0.717, 1.165) is 15.8 Å². The van der Waals surface area contributed by atoms with Gasteiger partial charge in [-0.05, 0) is 42.8 Å². The van der Waals surface area contributed by atoms with Crippen molar-refractivity contribution in [1.29, 1.82) is 0 Å². The fraction of sp³-hybridized carbons (Fsp3) is 0.250. The summed E-state index contributed by atoms with van der Waals surface area (Å²) in [7, 11) is 0. The Balaban J connectivity index is 1.92. The first-order valence-corrected chi connectivity index (χ1v) is 7.18. The van der Waals surface area contributed by atoms with Crippen LogP contribution in [0.1, 0.15) is 23.7 Å². The number of aliphatic hydroxyl groups is 1. The second-order valence-corrected chi connectivity index (χ2v) is 5.55. The molecule has 2 aromatic rings. The first-order valence-electron chi connectivity index (χ1n) is 6.39. The number of halogens is 2. The number of hydrogen-bond donors (Lipinski definition) is 1. The molecule has 0 radical (unpaired) electrons. The van der Waals surface area contributed by atoms with Crippen molar-refractivity contribution in [2.24, 2.45) is 0 Å². The van der Waals surface area contributed by atoms with Gasteiger partial charge in [0.25, 0.3) is 0 Å². The predicted molar refractivity (Wildman–Crippen MR) is 80.4 cm³/mol. The molecular weight excluding hydrogens is 323 g/mol. The number of benzene rings is 2. The summed E-state index contributed by atoms with van der Waals surface area (Å²) in [5.41, 5.74) is 1.40. The molecule has 4 heteroatoms. The molecular formula is C16H16BrFO2. The van der Waals surface area contributed by atoms with E-state index in [1.165, 1.54) is 6.07 Å². The van der Waals surface area contributed by atoms with E-state index < -0.39 is 11.9 Å². The average Bonchev–Trinajstić information content (AvgIpc) is 2.41. The van der Waals surface area contributed by atoms with E-state index in [4.69, 9.17) is 4.74 Å². The normalized spacial score (nSPS) is 12.2. The van der Waals surface area contributed by atoms with Crippen LogP contribution in [0.15, 0.2) is 46.9 Å². The van der Waals surface area contributed by atoms with E-state index in [1.807, 2.05) is 31.2 Å². The Labute approximate surface area is 126 Å². The standard InChI is InChI=1S/C16H16BrFO2/c1-11-3-2-4-13(9-11)20-8-7-16(19)14-10-12(17)5-6-15(14)18/h2-6,9-10,16,19H,7-8H2,1H3. The minimum atomic E-state index is -0.877. The molecule has 0 aromatic heterocycles. The minimum Gasteiger partial charge on any atom is -0.493 e. The first kappa shape index (κ1) is 15.0. The van der Waals surface area contributed by atoms with Crippen molar-refractivity contribution < 1.29 is 14.2 Å². The molecule has 0 aliphatic rings. The van der Waals surface area contributed by atoms with Gasteiger partial charge in [-0.2, -0.15) is 0 Å². The van der Waals surface area contributed by atoms with Crippen LogP contribution in [0, 0.1) is 12.7 Å². The SMILES string of the molecule is Cc1cccc(OCCC(O)c2cc(Br)ccc2F)c1. The van der Waals surface area contributed by atoms with Crippen LogP contribution in [0.2, 0.25) is 0 Å². The molecule has 0 amide bonds. The molecule has 0 spiro atoms. The molecule has 2 rings (SSSR count). The number of ether oxygens (including phenoxy) is 1. The lowest BCUT2D eigenvalue weighted by atomic mass is 10.1. The van der Waals surface area contributed by atoms with Crippen LogP contribution in [0.5, 0.6) is 5.75 Å². The number of hydrogen-bond acceptors (Lipinski definition) is 2. The topological polar surface area (TPSA) is 29.5 Å². The molecule has 0 aliphatic heterocycles. The molecule has 1 atom stereocenters. The third kappa shape index (κ3) is 4.05. The second-order valence-electron chi connectivity index (χ2n) is 4.64. The number of rotatable bonds is 5. The third-order valence-corrected chi connectivity index (χ3v) is 3.46. The fourth-order valence-corrected chi connectivity index (χ4v) is 2.30. The van der Waals surface area contributed by atoms with E-state index in [-0.39, 0.29) is 5.56 Å². The zero-order valence-electron chi connectivity index (χ0n) is 11.1. The maximum Gasteiger partial charge on any atom is 0.129 e. The Morgan fingerprint density at radius 2 is 2.05 bits per heavy atom. The van der Waals surface area contributed by atoms with Crippen LogP contribution >= 0.6 is 15.9 Å². The highest BCUT2D eigenvalue weighted by atomic mass is 79.9. The van der Waals surface area contributed by atoms with Gasteiger partial charge in [-0.1, -0.05) is 28.1 Å². The maximum atomic E-state index is 13.6. The van der Waals surface area contributed by atoms with Gasteiger partial charge in [-0.3, -0.25) is 0 Å². The lowest BCUT2D eigenvalue weighted by Crippen LogP contribution is -2.07. The zero-order chi connectivity index (χ0) is 14.5. The smallest absolute Gasteiger partial charge is 0.129 e. The zero-order valence-corrected chi connectivity index (χ0v) is 12.7. The molecule has 0 saturated carbocycles. The van der Waals surface area contributed by atoms with Gasteiger partial charge < -0.3 is 9.84 Å². The van der Waals surface area contributed by atoms with Gasteiger partial charge >= 0.3 is 0 Å². The maximum absolute atomic E-state index is 13.6. The Hall–Kier alpha value is -1.39. The van der Waals surface area contributed by atoms with Crippen LogP contribution in [0.3, 0.4) is 0 Å². The van der Waals surface area contributed by atoms with Crippen LogP contribution < -0.4 is 4.74 Å². The van der Waals surface area contributed by atoms with Crippen LogP contribution in [-0.4, -0.2) is 11.7 Å². The Bertz CT molecular complexity index is 586. The highest BCUT2D eigenvalue weighted by Crippen LogP contribution is 2.24. The second kappa shape index (κ2) is 6.86. The van der Waals surface area contributed by atoms with Gasteiger partial charge in [0.2, 0.25) is 0 Å². The molecule has 0 heterocycles. The van der Waals surface area contributed by atoms with Gasteiger partial charge in [0.1, 0.15) is 11.6 Å². The van der Waals surface area contributed by atoms with Crippen molar-refractivity contribution in [2.45, 2.75) is 19.4 Å². The molecule has 106 valence electrons. The lowest BCUT2D eigenvalue weighted by Gasteiger charge is -2.13. The van der Waals surface area contributed by atoms with E-state index in [2.05, 4.69) is 15.9 Å². The van der Waals surface area contributed by atoms with E-state index in [0.29, 0.717) is 13.0 Å². The Morgan fingerprint density at radius 1 is 1.25 bits per heavy atom. The summed E-state index contributed by atoms with van der Waals surface area (Å²) in [5, 5.41) is 10.0. The van der Waals surface area contributed by atoms with Gasteiger partial charge in [-0.15, -0.1) is 0 Å².